The lowest BCUT2D eigenvalue weighted by Gasteiger charge is -2.42. The van der Waals surface area contributed by atoms with Crippen LogP contribution in [0.4, 0.5) is 36.8 Å². The fourth-order valence-electron chi connectivity index (χ4n) is 2.89. The number of hydrogen-bond acceptors (Lipinski definition) is 4. The molecule has 1 aliphatic heterocycles. The lowest BCUT2D eigenvalue weighted by Crippen LogP contribution is -2.56. The number of benzene rings is 1. The van der Waals surface area contributed by atoms with Gasteiger partial charge in [-0.2, -0.15) is 26.3 Å². The Labute approximate surface area is 144 Å². The number of anilines is 1. The maximum absolute atomic E-state index is 12.9. The Morgan fingerprint density at radius 3 is 1.96 bits per heavy atom. The molecule has 2 rings (SSSR count). The summed E-state index contributed by atoms with van der Waals surface area (Å²) in [6.45, 7) is 2.02. The van der Waals surface area contributed by atoms with E-state index in [9.17, 15) is 41.4 Å². The number of halogens is 6. The van der Waals surface area contributed by atoms with Crippen molar-refractivity contribution < 1.29 is 41.4 Å². The van der Waals surface area contributed by atoms with E-state index in [0.29, 0.717) is 17.8 Å². The number of alkyl halides is 6. The van der Waals surface area contributed by atoms with Crippen molar-refractivity contribution in [2.45, 2.75) is 30.9 Å². The molecule has 1 N–H and O–H groups in total. The highest BCUT2D eigenvalue weighted by atomic mass is 19.4. The highest BCUT2D eigenvalue weighted by Gasteiger charge is 2.71. The van der Waals surface area contributed by atoms with E-state index in [0.717, 1.165) is 17.0 Å². The lowest BCUT2D eigenvalue weighted by atomic mass is 9.92. The van der Waals surface area contributed by atoms with Crippen molar-refractivity contribution >= 4 is 11.8 Å². The number of nitrogens with zero attached hydrogens (tertiary/aromatic N) is 2. The lowest BCUT2D eigenvalue weighted by molar-refractivity contribution is -0.376. The quantitative estimate of drug-likeness (QED) is 0.790. The van der Waals surface area contributed by atoms with E-state index in [4.69, 9.17) is 0 Å². The Kier molecular flexibility index (Phi) is 5.06. The molecule has 0 radical (unpaired) electrons. The number of carbonyl (C=O) groups is 1. The Bertz CT molecular complexity index is 645. The molecule has 1 aliphatic rings. The van der Waals surface area contributed by atoms with Gasteiger partial charge in [0.2, 0.25) is 0 Å². The second kappa shape index (κ2) is 6.53. The average Bonchev–Trinajstić information content (AvgIpc) is 2.52. The first-order valence-electron chi connectivity index (χ1n) is 7.48. The molecule has 5 nitrogen and oxygen atoms in total. The summed E-state index contributed by atoms with van der Waals surface area (Å²) in [6.07, 6.45) is -13.2. The molecule has 0 unspecified atom stereocenters. The molecule has 1 fully saturated rings. The van der Waals surface area contributed by atoms with E-state index < -0.39 is 29.6 Å². The van der Waals surface area contributed by atoms with Crippen LogP contribution in [0.25, 0.3) is 0 Å². The first-order valence-corrected chi connectivity index (χ1v) is 7.48. The number of aliphatic hydroxyl groups is 1. The third-order valence-corrected chi connectivity index (χ3v) is 4.32. The van der Waals surface area contributed by atoms with Crippen molar-refractivity contribution in [1.82, 2.24) is 4.90 Å². The molecule has 0 aromatic heterocycles. The van der Waals surface area contributed by atoms with Gasteiger partial charge in [0.1, 0.15) is 6.09 Å². The van der Waals surface area contributed by atoms with Crippen LogP contribution in [0.2, 0.25) is 0 Å². The van der Waals surface area contributed by atoms with Crippen LogP contribution in [0.15, 0.2) is 24.3 Å². The number of rotatable bonds is 2. The Hall–Kier alpha value is -2.17. The van der Waals surface area contributed by atoms with E-state index in [1.807, 2.05) is 0 Å². The van der Waals surface area contributed by atoms with E-state index in [1.165, 1.54) is 0 Å². The molecule has 0 aliphatic carbocycles. The van der Waals surface area contributed by atoms with Gasteiger partial charge in [0.15, 0.2) is 0 Å². The van der Waals surface area contributed by atoms with Crippen LogP contribution in [-0.4, -0.2) is 54.1 Å². The van der Waals surface area contributed by atoms with Gasteiger partial charge in [-0.05, 0) is 19.1 Å². The first-order chi connectivity index (χ1) is 11.8. The van der Waals surface area contributed by atoms with Crippen LogP contribution in [0, 0.1) is 0 Å². The van der Waals surface area contributed by atoms with Gasteiger partial charge in [-0.15, -0.1) is 0 Å². The first kappa shape index (κ1) is 20.1. The Balaban J connectivity index is 2.29. The minimum Gasteiger partial charge on any atom is -0.530 e. The third kappa shape index (κ3) is 3.39. The van der Waals surface area contributed by atoms with Crippen molar-refractivity contribution in [3.05, 3.63) is 29.8 Å². The fourth-order valence-corrected chi connectivity index (χ4v) is 2.89. The van der Waals surface area contributed by atoms with Crippen molar-refractivity contribution in [3.63, 3.8) is 0 Å². The zero-order chi connectivity index (χ0) is 19.9. The number of hydrogen-bond donors (Lipinski definition) is 1. The molecule has 1 aromatic rings. The number of piperazine rings is 1. The number of amides is 1. The smallest absolute Gasteiger partial charge is 0.430 e. The maximum Gasteiger partial charge on any atom is 0.430 e. The van der Waals surface area contributed by atoms with Crippen molar-refractivity contribution in [2.75, 3.05) is 24.5 Å². The van der Waals surface area contributed by atoms with Crippen LogP contribution >= 0.6 is 0 Å². The van der Waals surface area contributed by atoms with Crippen LogP contribution in [0.3, 0.4) is 0 Å². The average molecular weight is 385 g/mol. The van der Waals surface area contributed by atoms with Crippen LogP contribution in [0.1, 0.15) is 12.5 Å². The topological polar surface area (TPSA) is 66.8 Å². The summed E-state index contributed by atoms with van der Waals surface area (Å²) in [4.78, 5) is 13.5. The summed E-state index contributed by atoms with van der Waals surface area (Å²) in [6, 6.07) is 2.82. The van der Waals surface area contributed by atoms with Crippen LogP contribution in [0.5, 0.6) is 0 Å². The van der Waals surface area contributed by atoms with Gasteiger partial charge in [-0.25, -0.2) is 0 Å². The molecule has 0 spiro atoms. The zero-order valence-electron chi connectivity index (χ0n) is 13.4. The van der Waals surface area contributed by atoms with Crippen molar-refractivity contribution in [2.24, 2.45) is 0 Å². The van der Waals surface area contributed by atoms with Gasteiger partial charge < -0.3 is 24.8 Å². The van der Waals surface area contributed by atoms with Crippen molar-refractivity contribution in [1.29, 1.82) is 0 Å². The van der Waals surface area contributed by atoms with E-state index >= 15 is 0 Å². The molecule has 26 heavy (non-hydrogen) atoms. The summed E-state index contributed by atoms with van der Waals surface area (Å²) < 4.78 is 77.2. The SMILES string of the molecule is C[C@H]1CN(C(=O)[O-])CCN1c1ccc(C(O)(C(F)(F)F)C(F)(F)F)cc1. The van der Waals surface area contributed by atoms with Crippen LogP contribution in [-0.2, 0) is 5.60 Å². The van der Waals surface area contributed by atoms with E-state index in [2.05, 4.69) is 0 Å². The molecule has 11 heteroatoms. The summed E-state index contributed by atoms with van der Waals surface area (Å²) in [5, 5.41) is 20.2. The molecule has 1 aromatic carbocycles. The molecule has 0 saturated carbocycles. The minimum absolute atomic E-state index is 0.0825. The predicted molar refractivity (Wildman–Crippen MR) is 76.2 cm³/mol. The molecule has 1 atom stereocenters. The summed E-state index contributed by atoms with van der Waals surface area (Å²) in [5.41, 5.74) is -6.01. The molecule has 0 bridgehead atoms. The monoisotopic (exact) mass is 385 g/mol. The van der Waals surface area contributed by atoms with Gasteiger partial charge >= 0.3 is 12.4 Å². The summed E-state index contributed by atoms with van der Waals surface area (Å²) >= 11 is 0. The van der Waals surface area contributed by atoms with Gasteiger partial charge in [-0.1, -0.05) is 12.1 Å². The van der Waals surface area contributed by atoms with E-state index in [1.54, 1.807) is 11.8 Å². The fraction of sp³-hybridized carbons (Fsp3) is 0.533. The largest absolute Gasteiger partial charge is 0.530 e. The molecule has 1 saturated heterocycles. The predicted octanol–water partition coefficient (Wildman–Crippen LogP) is 1.85. The van der Waals surface area contributed by atoms with Gasteiger partial charge in [0, 0.05) is 36.9 Å². The normalized spacial score (nSPS) is 19.6. The standard InChI is InChI=1S/C15H16F6N2O3/c1-9-8-22(12(24)25)6-7-23(9)11-4-2-10(3-5-11)13(26,14(16,17)18)15(19,20)21/h2-5,9,26H,6-8H2,1H3,(H,24,25)/p-1/t9-/m0/s1. The summed E-state index contributed by atoms with van der Waals surface area (Å²) in [7, 11) is 0. The molecule has 1 heterocycles. The third-order valence-electron chi connectivity index (χ3n) is 4.32. The highest BCUT2D eigenvalue weighted by Crippen LogP contribution is 2.50. The second-order valence-corrected chi connectivity index (χ2v) is 6.01. The minimum atomic E-state index is -5.94. The summed E-state index contributed by atoms with van der Waals surface area (Å²) in [5.74, 6) is 0. The van der Waals surface area contributed by atoms with Crippen LogP contribution < -0.4 is 10.0 Å². The van der Waals surface area contributed by atoms with Gasteiger partial charge in [0.05, 0.1) is 0 Å². The van der Waals surface area contributed by atoms with Crippen molar-refractivity contribution in [3.8, 4) is 0 Å². The molecular weight excluding hydrogens is 370 g/mol. The van der Waals surface area contributed by atoms with Gasteiger partial charge in [-0.3, -0.25) is 0 Å². The Morgan fingerprint density at radius 1 is 1.08 bits per heavy atom. The zero-order valence-corrected chi connectivity index (χ0v) is 13.4. The van der Waals surface area contributed by atoms with Gasteiger partial charge in [0.25, 0.3) is 5.60 Å². The highest BCUT2D eigenvalue weighted by molar-refractivity contribution is 5.63. The molecule has 146 valence electrons. The second-order valence-electron chi connectivity index (χ2n) is 6.01. The maximum atomic E-state index is 12.9. The Morgan fingerprint density at radius 2 is 1.58 bits per heavy atom. The number of carbonyl (C=O) groups excluding carboxylic acids is 1. The van der Waals surface area contributed by atoms with E-state index in [-0.39, 0.29) is 25.7 Å². The molecular formula is C15H15F6N2O3-. The number of carboxylic acid groups (broad SMARTS) is 1. The molecule has 1 amide bonds.